The number of piperazine rings is 1. The molecule has 1 heterocycles. The fraction of sp³-hybridized carbons (Fsp3) is 0.375. The van der Waals surface area contributed by atoms with Crippen LogP contribution in [-0.4, -0.2) is 68.7 Å². The largest absolute Gasteiger partial charge is 0.435 e. The second-order valence-electron chi connectivity index (χ2n) is 7.87. The Bertz CT molecular complexity index is 952. The van der Waals surface area contributed by atoms with Gasteiger partial charge in [0.25, 0.3) is 0 Å². The molecule has 1 N–H and O–H groups in total. The van der Waals surface area contributed by atoms with Crippen LogP contribution in [0, 0.1) is 0 Å². The van der Waals surface area contributed by atoms with Crippen LogP contribution < -0.4 is 14.8 Å². The molecule has 1 aliphatic rings. The average Bonchev–Trinajstić information content (AvgIpc) is 2.79. The number of carbonyl (C=O) groups excluding carboxylic acids is 1. The summed E-state index contributed by atoms with van der Waals surface area (Å²) in [6.07, 6.45) is 2.48. The minimum Gasteiger partial charge on any atom is -0.435 e. The Morgan fingerprint density at radius 3 is 2.32 bits per heavy atom. The molecule has 2 aromatic carbocycles. The van der Waals surface area contributed by atoms with Crippen LogP contribution in [0.15, 0.2) is 54.6 Å². The molecule has 6 nitrogen and oxygen atoms in total. The third-order valence-electron chi connectivity index (χ3n) is 5.40. The highest BCUT2D eigenvalue weighted by molar-refractivity contribution is 5.92. The number of hydrogen-bond donors (Lipinski definition) is 1. The zero-order chi connectivity index (χ0) is 24.5. The van der Waals surface area contributed by atoms with Gasteiger partial charge in [-0.25, -0.2) is 0 Å². The maximum absolute atomic E-state index is 12.8. The Morgan fingerprint density at radius 2 is 1.68 bits per heavy atom. The molecule has 0 saturated carbocycles. The van der Waals surface area contributed by atoms with E-state index in [2.05, 4.69) is 31.6 Å². The van der Waals surface area contributed by atoms with E-state index in [1.54, 1.807) is 0 Å². The summed E-state index contributed by atoms with van der Waals surface area (Å²) in [7, 11) is 2.07. The molecule has 1 fully saturated rings. The van der Waals surface area contributed by atoms with Gasteiger partial charge in [0, 0.05) is 50.4 Å². The molecule has 10 heteroatoms. The molecular weight excluding hydrogens is 454 g/mol. The summed E-state index contributed by atoms with van der Waals surface area (Å²) in [5.41, 5.74) is 1.06. The molecule has 1 unspecified atom stereocenters. The highest BCUT2D eigenvalue weighted by atomic mass is 19.3. The number of ether oxygens (including phenoxy) is 2. The second kappa shape index (κ2) is 12.4. The number of halogens is 4. The van der Waals surface area contributed by atoms with Crippen LogP contribution >= 0.6 is 0 Å². The van der Waals surface area contributed by atoms with E-state index in [-0.39, 0.29) is 23.1 Å². The predicted octanol–water partition coefficient (Wildman–Crippen LogP) is 4.01. The van der Waals surface area contributed by atoms with Crippen LogP contribution in [0.25, 0.3) is 6.08 Å². The lowest BCUT2D eigenvalue weighted by molar-refractivity contribution is -0.117. The van der Waals surface area contributed by atoms with Crippen molar-refractivity contribution in [3.63, 3.8) is 0 Å². The van der Waals surface area contributed by atoms with Crippen molar-refractivity contribution < 1.29 is 31.8 Å². The number of nitrogens with one attached hydrogen (secondary N) is 1. The normalized spacial score (nSPS) is 16.2. The first-order valence-electron chi connectivity index (χ1n) is 10.8. The summed E-state index contributed by atoms with van der Waals surface area (Å²) in [6, 6.07) is 12.6. The molecule has 2 aromatic rings. The lowest BCUT2D eigenvalue weighted by Gasteiger charge is -2.34. The standard InChI is InChI=1S/C24H27F4N3O3/c1-30-11-13-31(14-12-30)16-20(17-5-3-2-4-6-17)29-22(32)10-8-18-7-9-19(33-23(25)26)15-21(18)34-24(27)28/h2-10,15,20,23-24H,11-14,16H2,1H3,(H,29,32)/b10-8+. The van der Waals surface area contributed by atoms with Crippen LogP contribution in [0.3, 0.4) is 0 Å². The maximum atomic E-state index is 12.8. The van der Waals surface area contributed by atoms with Gasteiger partial charge in [-0.15, -0.1) is 0 Å². The highest BCUT2D eigenvalue weighted by Crippen LogP contribution is 2.28. The first-order valence-corrected chi connectivity index (χ1v) is 10.8. The first-order chi connectivity index (χ1) is 16.3. The fourth-order valence-corrected chi connectivity index (χ4v) is 3.62. The van der Waals surface area contributed by atoms with E-state index in [0.717, 1.165) is 37.8 Å². The van der Waals surface area contributed by atoms with Crippen molar-refractivity contribution in [1.82, 2.24) is 15.1 Å². The fourth-order valence-electron chi connectivity index (χ4n) is 3.62. The molecule has 3 rings (SSSR count). The SMILES string of the molecule is CN1CCN(CC(NC(=O)/C=C/c2ccc(OC(F)F)cc2OC(F)F)c2ccccc2)CC1. The molecule has 1 amide bonds. The Morgan fingerprint density at radius 1 is 1.00 bits per heavy atom. The van der Waals surface area contributed by atoms with Crippen molar-refractivity contribution in [3.05, 3.63) is 65.7 Å². The van der Waals surface area contributed by atoms with Crippen molar-refractivity contribution in [2.24, 2.45) is 0 Å². The summed E-state index contributed by atoms with van der Waals surface area (Å²) in [5, 5.41) is 2.97. The summed E-state index contributed by atoms with van der Waals surface area (Å²) >= 11 is 0. The van der Waals surface area contributed by atoms with Crippen molar-refractivity contribution in [2.75, 3.05) is 39.8 Å². The third kappa shape index (κ3) is 8.03. The Hall–Kier alpha value is -3.11. The molecule has 34 heavy (non-hydrogen) atoms. The lowest BCUT2D eigenvalue weighted by Crippen LogP contribution is -2.47. The molecule has 184 valence electrons. The van der Waals surface area contributed by atoms with Gasteiger partial charge in [0.1, 0.15) is 11.5 Å². The molecule has 0 bridgehead atoms. The zero-order valence-electron chi connectivity index (χ0n) is 18.7. The van der Waals surface area contributed by atoms with Gasteiger partial charge in [0.15, 0.2) is 0 Å². The number of hydrogen-bond acceptors (Lipinski definition) is 5. The average molecular weight is 481 g/mol. The smallest absolute Gasteiger partial charge is 0.387 e. The molecule has 0 aromatic heterocycles. The predicted molar refractivity (Wildman–Crippen MR) is 120 cm³/mol. The van der Waals surface area contributed by atoms with Crippen LogP contribution in [0.1, 0.15) is 17.2 Å². The van der Waals surface area contributed by atoms with Gasteiger partial charge in [-0.2, -0.15) is 17.6 Å². The Kier molecular flexibility index (Phi) is 9.29. The number of likely N-dealkylation sites (N-methyl/N-ethyl adjacent to an activating group) is 1. The van der Waals surface area contributed by atoms with Crippen molar-refractivity contribution >= 4 is 12.0 Å². The van der Waals surface area contributed by atoms with Crippen molar-refractivity contribution in [1.29, 1.82) is 0 Å². The topological polar surface area (TPSA) is 54.0 Å². The van der Waals surface area contributed by atoms with E-state index in [1.165, 1.54) is 24.3 Å². The number of nitrogens with zero attached hydrogens (tertiary/aromatic N) is 2. The number of amides is 1. The molecule has 0 radical (unpaired) electrons. The summed E-state index contributed by atoms with van der Waals surface area (Å²) < 4.78 is 59.1. The quantitative estimate of drug-likeness (QED) is 0.411. The van der Waals surface area contributed by atoms with Gasteiger partial charge in [0.05, 0.1) is 6.04 Å². The van der Waals surface area contributed by atoms with E-state index in [0.29, 0.717) is 6.54 Å². The van der Waals surface area contributed by atoms with Crippen LogP contribution in [0.2, 0.25) is 0 Å². The second-order valence-corrected chi connectivity index (χ2v) is 7.87. The first kappa shape index (κ1) is 25.5. The molecule has 1 saturated heterocycles. The van der Waals surface area contributed by atoms with E-state index < -0.39 is 19.1 Å². The number of carbonyl (C=O) groups is 1. The summed E-state index contributed by atoms with van der Waals surface area (Å²) in [5.74, 6) is -1.14. The highest BCUT2D eigenvalue weighted by Gasteiger charge is 2.21. The summed E-state index contributed by atoms with van der Waals surface area (Å²) in [6.45, 7) is -2.02. The van der Waals surface area contributed by atoms with E-state index in [4.69, 9.17) is 0 Å². The number of benzene rings is 2. The Balaban J connectivity index is 1.72. The minimum absolute atomic E-state index is 0.118. The summed E-state index contributed by atoms with van der Waals surface area (Å²) in [4.78, 5) is 17.2. The maximum Gasteiger partial charge on any atom is 0.387 e. The van der Waals surface area contributed by atoms with Gasteiger partial charge in [-0.3, -0.25) is 9.69 Å². The van der Waals surface area contributed by atoms with Gasteiger partial charge < -0.3 is 19.7 Å². The Labute approximate surface area is 195 Å². The van der Waals surface area contributed by atoms with Crippen LogP contribution in [-0.2, 0) is 4.79 Å². The minimum atomic E-state index is -3.17. The molecular formula is C24H27F4N3O3. The number of alkyl halides is 4. The number of rotatable bonds is 10. The lowest BCUT2D eigenvalue weighted by atomic mass is 10.1. The molecule has 1 atom stereocenters. The molecule has 0 aliphatic carbocycles. The van der Waals surface area contributed by atoms with Crippen molar-refractivity contribution in [2.45, 2.75) is 19.3 Å². The van der Waals surface area contributed by atoms with E-state index in [9.17, 15) is 22.4 Å². The monoisotopic (exact) mass is 481 g/mol. The van der Waals surface area contributed by atoms with E-state index in [1.807, 2.05) is 30.3 Å². The van der Waals surface area contributed by atoms with Crippen LogP contribution in [0.5, 0.6) is 11.5 Å². The van der Waals surface area contributed by atoms with Gasteiger partial charge >= 0.3 is 13.2 Å². The molecule has 1 aliphatic heterocycles. The van der Waals surface area contributed by atoms with Crippen molar-refractivity contribution in [3.8, 4) is 11.5 Å². The van der Waals surface area contributed by atoms with Gasteiger partial charge in [-0.05, 0) is 30.8 Å². The third-order valence-corrected chi connectivity index (χ3v) is 5.40. The van der Waals surface area contributed by atoms with E-state index >= 15 is 0 Å². The molecule has 0 spiro atoms. The van der Waals surface area contributed by atoms with Gasteiger partial charge in [0.2, 0.25) is 5.91 Å². The van der Waals surface area contributed by atoms with Gasteiger partial charge in [-0.1, -0.05) is 30.3 Å². The van der Waals surface area contributed by atoms with Crippen LogP contribution in [0.4, 0.5) is 17.6 Å². The zero-order valence-corrected chi connectivity index (χ0v) is 18.7.